The molecule has 0 aliphatic rings. The monoisotopic (exact) mass is 313 g/mol. The average molecular weight is 313 g/mol. The van der Waals surface area contributed by atoms with Crippen LogP contribution in [0.1, 0.15) is 11.1 Å². The summed E-state index contributed by atoms with van der Waals surface area (Å²) in [5.74, 6) is 0.836. The van der Waals surface area contributed by atoms with Gasteiger partial charge in [0.1, 0.15) is 5.75 Å². The van der Waals surface area contributed by atoms with Gasteiger partial charge < -0.3 is 15.0 Å². The third-order valence-corrected chi connectivity index (χ3v) is 3.66. The van der Waals surface area contributed by atoms with Crippen LogP contribution >= 0.6 is 0 Å². The Bertz CT molecular complexity index is 617. The summed E-state index contributed by atoms with van der Waals surface area (Å²) in [7, 11) is 3.46. The largest absolute Gasteiger partial charge is 0.497 e. The Morgan fingerprint density at radius 3 is 2.70 bits per heavy atom. The zero-order valence-electron chi connectivity index (χ0n) is 13.7. The first-order valence-corrected chi connectivity index (χ1v) is 7.70. The van der Waals surface area contributed by atoms with Crippen LogP contribution in [0.3, 0.4) is 0 Å². The number of hydrogen-bond donors (Lipinski definition) is 1. The number of likely N-dealkylation sites (N-methyl/N-ethyl adjacent to an activating group) is 1. The molecule has 0 saturated carbocycles. The van der Waals surface area contributed by atoms with Crippen molar-refractivity contribution in [3.05, 3.63) is 59.9 Å². The number of ether oxygens (including phenoxy) is 1. The van der Waals surface area contributed by atoms with E-state index in [2.05, 4.69) is 10.3 Å². The Labute approximate surface area is 137 Å². The minimum atomic E-state index is -0.0537. The van der Waals surface area contributed by atoms with E-state index in [1.165, 1.54) is 5.56 Å². The van der Waals surface area contributed by atoms with E-state index in [0.717, 1.165) is 24.2 Å². The predicted molar refractivity (Wildman–Crippen MR) is 90.7 cm³/mol. The molecule has 0 fully saturated rings. The molecule has 0 spiro atoms. The molecule has 0 aliphatic carbocycles. The van der Waals surface area contributed by atoms with Gasteiger partial charge in [-0.25, -0.2) is 4.79 Å². The first-order chi connectivity index (χ1) is 11.2. The van der Waals surface area contributed by atoms with Gasteiger partial charge in [-0.05, 0) is 48.2 Å². The van der Waals surface area contributed by atoms with Gasteiger partial charge in [-0.3, -0.25) is 4.98 Å². The standard InChI is InChI=1S/C18H23N3O2/c1-21(13-9-15-6-10-19-11-7-15)18(22)20-12-8-16-4-3-5-17(14-16)23-2/h3-7,10-11,14H,8-9,12-13H2,1-2H3,(H,20,22). The Hall–Kier alpha value is -2.56. The highest BCUT2D eigenvalue weighted by Gasteiger charge is 2.07. The topological polar surface area (TPSA) is 54.5 Å². The Morgan fingerprint density at radius 2 is 1.96 bits per heavy atom. The lowest BCUT2D eigenvalue weighted by Gasteiger charge is -2.18. The van der Waals surface area contributed by atoms with E-state index in [1.807, 2.05) is 43.4 Å². The molecule has 0 saturated heterocycles. The molecule has 0 radical (unpaired) electrons. The second-order valence-electron chi connectivity index (χ2n) is 5.36. The van der Waals surface area contributed by atoms with Crippen LogP contribution in [0.15, 0.2) is 48.8 Å². The molecule has 0 bridgehead atoms. The lowest BCUT2D eigenvalue weighted by atomic mass is 10.1. The quantitative estimate of drug-likeness (QED) is 0.854. The molecule has 0 atom stereocenters. The SMILES string of the molecule is COc1cccc(CCNC(=O)N(C)CCc2ccncc2)c1. The van der Waals surface area contributed by atoms with Crippen LogP contribution in [0.2, 0.25) is 0 Å². The number of methoxy groups -OCH3 is 1. The van der Waals surface area contributed by atoms with Crippen molar-refractivity contribution < 1.29 is 9.53 Å². The number of nitrogens with zero attached hydrogens (tertiary/aromatic N) is 2. The molecular formula is C18H23N3O2. The first-order valence-electron chi connectivity index (χ1n) is 7.70. The van der Waals surface area contributed by atoms with Gasteiger partial charge in [0, 0.05) is 32.5 Å². The summed E-state index contributed by atoms with van der Waals surface area (Å²) < 4.78 is 5.19. The van der Waals surface area contributed by atoms with Crippen LogP contribution in [-0.4, -0.2) is 43.2 Å². The number of carbonyl (C=O) groups is 1. The predicted octanol–water partition coefficient (Wildman–Crippen LogP) is 2.52. The van der Waals surface area contributed by atoms with Crippen LogP contribution in [-0.2, 0) is 12.8 Å². The highest BCUT2D eigenvalue weighted by atomic mass is 16.5. The molecule has 1 aromatic carbocycles. The number of hydrogen-bond acceptors (Lipinski definition) is 3. The van der Waals surface area contributed by atoms with Crippen molar-refractivity contribution in [3.63, 3.8) is 0 Å². The molecule has 0 unspecified atom stereocenters. The van der Waals surface area contributed by atoms with Crippen LogP contribution in [0, 0.1) is 0 Å². The molecule has 1 heterocycles. The fourth-order valence-electron chi connectivity index (χ4n) is 2.22. The highest BCUT2D eigenvalue weighted by molar-refractivity contribution is 5.73. The van der Waals surface area contributed by atoms with E-state index in [9.17, 15) is 4.79 Å². The Kier molecular flexibility index (Phi) is 6.41. The number of carbonyl (C=O) groups excluding carboxylic acids is 1. The molecule has 122 valence electrons. The summed E-state index contributed by atoms with van der Waals surface area (Å²) in [6.45, 7) is 1.28. The Balaban J connectivity index is 1.71. The second kappa shape index (κ2) is 8.78. The second-order valence-corrected chi connectivity index (χ2v) is 5.36. The smallest absolute Gasteiger partial charge is 0.317 e. The minimum Gasteiger partial charge on any atom is -0.497 e. The van der Waals surface area contributed by atoms with Gasteiger partial charge in [0.2, 0.25) is 0 Å². The summed E-state index contributed by atoms with van der Waals surface area (Å²) in [4.78, 5) is 17.7. The normalized spacial score (nSPS) is 10.2. The number of pyridine rings is 1. The van der Waals surface area contributed by atoms with Gasteiger partial charge in [-0.2, -0.15) is 0 Å². The van der Waals surface area contributed by atoms with Crippen molar-refractivity contribution in [2.45, 2.75) is 12.8 Å². The highest BCUT2D eigenvalue weighted by Crippen LogP contribution is 2.12. The lowest BCUT2D eigenvalue weighted by Crippen LogP contribution is -2.39. The van der Waals surface area contributed by atoms with E-state index < -0.39 is 0 Å². The molecule has 1 aromatic heterocycles. The minimum absolute atomic E-state index is 0.0537. The fraction of sp³-hybridized carbons (Fsp3) is 0.333. The summed E-state index contributed by atoms with van der Waals surface area (Å²) in [6, 6.07) is 11.8. The number of aromatic nitrogens is 1. The zero-order chi connectivity index (χ0) is 16.5. The van der Waals surface area contributed by atoms with E-state index >= 15 is 0 Å². The molecular weight excluding hydrogens is 290 g/mol. The van der Waals surface area contributed by atoms with Crippen LogP contribution < -0.4 is 10.1 Å². The van der Waals surface area contributed by atoms with Gasteiger partial charge in [-0.1, -0.05) is 12.1 Å². The summed E-state index contributed by atoms with van der Waals surface area (Å²) in [5.41, 5.74) is 2.32. The maximum absolute atomic E-state index is 12.1. The van der Waals surface area contributed by atoms with Crippen molar-refractivity contribution in [2.75, 3.05) is 27.2 Å². The van der Waals surface area contributed by atoms with Crippen LogP contribution in [0.4, 0.5) is 4.79 Å². The molecule has 2 rings (SSSR count). The molecule has 0 aliphatic heterocycles. The number of benzene rings is 1. The number of urea groups is 1. The van der Waals surface area contributed by atoms with E-state index in [1.54, 1.807) is 24.4 Å². The fourth-order valence-corrected chi connectivity index (χ4v) is 2.22. The van der Waals surface area contributed by atoms with E-state index in [4.69, 9.17) is 4.74 Å². The van der Waals surface area contributed by atoms with Gasteiger partial charge >= 0.3 is 6.03 Å². The molecule has 5 nitrogen and oxygen atoms in total. The first kappa shape index (κ1) is 16.8. The third-order valence-electron chi connectivity index (χ3n) is 3.66. The number of rotatable bonds is 7. The molecule has 1 N–H and O–H groups in total. The third kappa shape index (κ3) is 5.62. The lowest BCUT2D eigenvalue weighted by molar-refractivity contribution is 0.209. The van der Waals surface area contributed by atoms with Crippen LogP contribution in [0.25, 0.3) is 0 Å². The molecule has 2 aromatic rings. The van der Waals surface area contributed by atoms with Gasteiger partial charge in [0.15, 0.2) is 0 Å². The Morgan fingerprint density at radius 1 is 1.17 bits per heavy atom. The average Bonchev–Trinajstić information content (AvgIpc) is 2.60. The van der Waals surface area contributed by atoms with Crippen molar-refractivity contribution in [1.82, 2.24) is 15.2 Å². The molecule has 5 heteroatoms. The van der Waals surface area contributed by atoms with Gasteiger partial charge in [0.25, 0.3) is 0 Å². The summed E-state index contributed by atoms with van der Waals surface area (Å²) in [5, 5.41) is 2.94. The van der Waals surface area contributed by atoms with Crippen molar-refractivity contribution in [1.29, 1.82) is 0 Å². The molecule has 2 amide bonds. The van der Waals surface area contributed by atoms with Crippen LogP contribution in [0.5, 0.6) is 5.75 Å². The van der Waals surface area contributed by atoms with Crippen molar-refractivity contribution in [3.8, 4) is 5.75 Å². The maximum atomic E-state index is 12.1. The number of nitrogens with one attached hydrogen (secondary N) is 1. The summed E-state index contributed by atoms with van der Waals surface area (Å²) >= 11 is 0. The van der Waals surface area contributed by atoms with Crippen molar-refractivity contribution in [2.24, 2.45) is 0 Å². The molecule has 23 heavy (non-hydrogen) atoms. The van der Waals surface area contributed by atoms with Gasteiger partial charge in [0.05, 0.1) is 7.11 Å². The maximum Gasteiger partial charge on any atom is 0.317 e. The van der Waals surface area contributed by atoms with Gasteiger partial charge in [-0.15, -0.1) is 0 Å². The zero-order valence-corrected chi connectivity index (χ0v) is 13.7. The summed E-state index contributed by atoms with van der Waals surface area (Å²) in [6.07, 6.45) is 5.14. The van der Waals surface area contributed by atoms with E-state index in [-0.39, 0.29) is 6.03 Å². The van der Waals surface area contributed by atoms with Crippen molar-refractivity contribution >= 4 is 6.03 Å². The number of amides is 2. The van der Waals surface area contributed by atoms with E-state index in [0.29, 0.717) is 13.1 Å².